The third-order valence-electron chi connectivity index (χ3n) is 20.5. The Balaban J connectivity index is 0.000000222. The predicted molar refractivity (Wildman–Crippen MR) is 505 cm³/mol. The van der Waals surface area contributed by atoms with Crippen molar-refractivity contribution in [2.75, 3.05) is 110 Å². The zero-order valence-electron chi connectivity index (χ0n) is 78.8. The van der Waals surface area contributed by atoms with Crippen LogP contribution in [-0.2, 0) is 117 Å². The summed E-state index contributed by atoms with van der Waals surface area (Å²) in [7, 11) is 0. The number of hydrogen-bond acceptors (Lipinski definition) is 29. The molecule has 2 aliphatic rings. The molecule has 712 valence electrons. The summed E-state index contributed by atoms with van der Waals surface area (Å²) in [6.07, 6.45) is 9.20. The number of aromatic nitrogens is 4. The van der Waals surface area contributed by atoms with Crippen LogP contribution in [0.3, 0.4) is 0 Å². The van der Waals surface area contributed by atoms with E-state index in [1.807, 2.05) is 71.0 Å². The molecule has 2 saturated heterocycles. The number of nitrogen functional groups attached to an aromatic ring is 1. The molecule has 12 rings (SSSR count). The van der Waals surface area contributed by atoms with Crippen LogP contribution in [0.15, 0.2) is 141 Å². The molecule has 6 aromatic carbocycles. The molecule has 0 atom stereocenters. The quantitative estimate of drug-likeness (QED) is 0.00578. The van der Waals surface area contributed by atoms with Crippen LogP contribution in [0.2, 0.25) is 0 Å². The van der Waals surface area contributed by atoms with E-state index in [1.165, 1.54) is 49.8 Å². The molecule has 6 N–H and O–H groups in total. The van der Waals surface area contributed by atoms with Crippen molar-refractivity contribution in [3.05, 3.63) is 251 Å². The number of nitrogens with zero attached hydrogens (tertiary/aromatic N) is 3. The maximum Gasteiger partial charge on any atom is 0.418 e. The number of morpholine rings is 2. The van der Waals surface area contributed by atoms with Gasteiger partial charge in [0, 0.05) is 134 Å². The Kier molecular flexibility index (Phi) is 42.3. The standard InChI is InChI=1S/C21H25NO7.C19H24N2O4.C18H20N2O5.C17H23NO4.C16H17NO5.C9H13N/c1-6-27-20(25)17-9-22(21(26)29-10-12(2)3)18-15(11-28-14(5)23)7-13(4)8-16(18)19(17)24;1-3-14-9-13(12-21-5-7-24-8-6-21)10-15-17(14)20-11-16(18(15)22)19(23)25-4-2;1-2-25-18(23)15-9-19-16-13(11-21)7-12(8-14(16)17(15)22)10-20-3-5-24-6-4-20;1-5-13-10-12(4)8-9-15(13)18-11-14(16(19)21-6-2)17(20)22-7-3;1-4-21-16(20)13-7-17-14-11(8-22-10(3)18)5-9(2)6-12(14)15(13)19;1-3-8-6-7(2)4-5-9(8)10/h7-9,12H,6,10-11H2,1-5H3;9-11H,3-8,12H2,1-2H3,(H,20,22);7-9,11H,2-6,10H2,1H3,(H,19,22);8-11,18H,5-7H2,1-4H3;5-7H,4,8H2,1-3H3,(H,17,19);4-6H,3,10H2,1-2H3. The molecule has 10 aromatic rings. The lowest BCUT2D eigenvalue weighted by molar-refractivity contribution is -0.147. The van der Waals surface area contributed by atoms with Gasteiger partial charge in [-0.15, -0.1) is 0 Å². The molecule has 2 fully saturated rings. The van der Waals surface area contributed by atoms with Crippen molar-refractivity contribution < 1.29 is 100 Å². The molecule has 0 saturated carbocycles. The molecule has 33 nitrogen and oxygen atoms in total. The van der Waals surface area contributed by atoms with E-state index in [4.69, 9.17) is 57.8 Å². The van der Waals surface area contributed by atoms with Gasteiger partial charge in [-0.05, 0) is 176 Å². The minimum absolute atomic E-state index is 0.0432. The molecule has 4 aromatic heterocycles. The Morgan fingerprint density at radius 2 is 0.842 bits per heavy atom. The molecule has 33 heteroatoms. The molecule has 0 spiro atoms. The monoisotopic (exact) mass is 1830 g/mol. The van der Waals surface area contributed by atoms with Gasteiger partial charge in [-0.1, -0.05) is 88.2 Å². The van der Waals surface area contributed by atoms with Gasteiger partial charge in [-0.2, -0.15) is 0 Å². The minimum Gasteiger partial charge on any atom is -0.462 e. The average molecular weight is 1840 g/mol. The Bertz CT molecular complexity index is 6090. The van der Waals surface area contributed by atoms with Gasteiger partial charge >= 0.3 is 53.8 Å². The van der Waals surface area contributed by atoms with Crippen LogP contribution < -0.4 is 32.8 Å². The first-order chi connectivity index (χ1) is 63.6. The van der Waals surface area contributed by atoms with E-state index in [-0.39, 0.29) is 110 Å². The smallest absolute Gasteiger partial charge is 0.418 e. The van der Waals surface area contributed by atoms with Crippen molar-refractivity contribution >= 4 is 115 Å². The molecule has 0 unspecified atom stereocenters. The first kappa shape index (κ1) is 106. The number of carbonyl (C=O) groups excluding carboxylic acids is 10. The van der Waals surface area contributed by atoms with Crippen LogP contribution in [-0.4, -0.2) is 188 Å². The summed E-state index contributed by atoms with van der Waals surface area (Å²) in [5, 5.41) is 4.38. The Labute approximate surface area is 771 Å². The highest BCUT2D eigenvalue weighted by Crippen LogP contribution is 2.27. The number of aryl methyl sites for hydroxylation is 7. The molecule has 0 amide bonds. The van der Waals surface area contributed by atoms with Gasteiger partial charge in [0.05, 0.1) is 94.7 Å². The lowest BCUT2D eigenvalue weighted by Crippen LogP contribution is -2.35. The summed E-state index contributed by atoms with van der Waals surface area (Å²) in [6, 6.07) is 26.4. The van der Waals surface area contributed by atoms with E-state index in [1.54, 1.807) is 78.8 Å². The number of ether oxygens (including phenoxy) is 11. The second kappa shape index (κ2) is 52.9. The third kappa shape index (κ3) is 30.4. The molecule has 133 heavy (non-hydrogen) atoms. The highest BCUT2D eigenvalue weighted by Gasteiger charge is 2.27. The number of esters is 8. The summed E-state index contributed by atoms with van der Waals surface area (Å²) in [6.45, 7) is 39.1. The lowest BCUT2D eigenvalue weighted by atomic mass is 10.0. The zero-order valence-corrected chi connectivity index (χ0v) is 78.8. The molecule has 0 aliphatic carbocycles. The van der Waals surface area contributed by atoms with Gasteiger partial charge in [0.15, 0.2) is 11.9 Å². The fourth-order valence-corrected chi connectivity index (χ4v) is 14.2. The topological polar surface area (TPSA) is 437 Å². The first-order valence-electron chi connectivity index (χ1n) is 44.3. The first-order valence-corrected chi connectivity index (χ1v) is 44.3. The molecule has 0 bridgehead atoms. The van der Waals surface area contributed by atoms with Crippen LogP contribution in [0.1, 0.15) is 203 Å². The van der Waals surface area contributed by atoms with Crippen molar-refractivity contribution in [2.45, 2.75) is 163 Å². The fourth-order valence-electron chi connectivity index (χ4n) is 14.2. The SMILES string of the molecule is CCOC(=O)C(=CNc1ccc(C)cc1CC)C(=O)OCC.CCOC(=O)c1c[nH]c2c(C=O)cc(CN3CCOCC3)cc2c1=O.CCOC(=O)c1c[nH]c2c(CC)cc(CN3CCOCC3)cc2c1=O.CCOC(=O)c1c[nH]c2c(COC(C)=O)cc(C)cc2c1=O.CCOC(=O)c1cn(C(=O)OCC(C)C)c2c(COC(C)=O)cc(C)cc2c1=O.CCc1cc(C)ccc1N. The van der Waals surface area contributed by atoms with Gasteiger partial charge < -0.3 is 78.1 Å². The van der Waals surface area contributed by atoms with E-state index < -0.39 is 70.1 Å². The van der Waals surface area contributed by atoms with Crippen molar-refractivity contribution in [1.82, 2.24) is 29.3 Å². The normalized spacial score (nSPS) is 12.2. The zero-order chi connectivity index (χ0) is 97.7. The van der Waals surface area contributed by atoms with Crippen LogP contribution in [0.4, 0.5) is 16.2 Å². The van der Waals surface area contributed by atoms with Crippen molar-refractivity contribution in [2.24, 2.45) is 5.92 Å². The van der Waals surface area contributed by atoms with Gasteiger partial charge in [0.2, 0.25) is 21.7 Å². The van der Waals surface area contributed by atoms with Crippen molar-refractivity contribution in [1.29, 1.82) is 0 Å². The van der Waals surface area contributed by atoms with Crippen molar-refractivity contribution in [3.8, 4) is 0 Å². The number of anilines is 2. The highest BCUT2D eigenvalue weighted by molar-refractivity contribution is 6.14. The summed E-state index contributed by atoms with van der Waals surface area (Å²) in [5.74, 6) is -4.94. The Hall–Kier alpha value is -13.8. The van der Waals surface area contributed by atoms with Crippen LogP contribution in [0.25, 0.3) is 43.6 Å². The second-order valence-electron chi connectivity index (χ2n) is 31.2. The number of H-pyrrole nitrogens is 3. The van der Waals surface area contributed by atoms with Crippen molar-refractivity contribution in [3.63, 3.8) is 0 Å². The Morgan fingerprint density at radius 3 is 1.29 bits per heavy atom. The van der Waals surface area contributed by atoms with E-state index >= 15 is 0 Å². The van der Waals surface area contributed by atoms with E-state index in [9.17, 15) is 67.1 Å². The van der Waals surface area contributed by atoms with Crippen LogP contribution in [0, 0.1) is 33.6 Å². The maximum absolute atomic E-state index is 13.0. The molecule has 2 aliphatic heterocycles. The number of aldehydes is 1. The lowest BCUT2D eigenvalue weighted by Gasteiger charge is -2.26. The largest absolute Gasteiger partial charge is 0.462 e. The minimum atomic E-state index is -0.826. The molecular weight excluding hydrogens is 1710 g/mol. The Morgan fingerprint density at radius 1 is 0.444 bits per heavy atom. The summed E-state index contributed by atoms with van der Waals surface area (Å²) < 4.78 is 56.7. The summed E-state index contributed by atoms with van der Waals surface area (Å²) in [5.41, 5.74) is 18.2. The summed E-state index contributed by atoms with van der Waals surface area (Å²) >= 11 is 0. The van der Waals surface area contributed by atoms with E-state index in [0.29, 0.717) is 75.5 Å². The number of nitrogens with one attached hydrogen (secondary N) is 4. The predicted octanol–water partition coefficient (Wildman–Crippen LogP) is 13.8. The average Bonchev–Trinajstić information content (AvgIpc) is 0.759. The van der Waals surface area contributed by atoms with E-state index in [2.05, 4.69) is 69.0 Å². The molecular formula is C100H122N8O25. The molecule has 0 radical (unpaired) electrons. The number of fused-ring (bicyclic) bond motifs is 4. The number of hydrogen-bond donors (Lipinski definition) is 5. The van der Waals surface area contributed by atoms with E-state index in [0.717, 1.165) is 126 Å². The van der Waals surface area contributed by atoms with Crippen LogP contribution >= 0.6 is 0 Å². The van der Waals surface area contributed by atoms with Gasteiger partial charge in [0.1, 0.15) is 35.5 Å². The third-order valence-corrected chi connectivity index (χ3v) is 20.5. The number of rotatable bonds is 28. The fraction of sp³-hybridized carbons (Fsp3) is 0.400. The number of benzene rings is 6. The number of pyridine rings is 4. The maximum atomic E-state index is 13.0. The highest BCUT2D eigenvalue weighted by atomic mass is 16.6. The summed E-state index contributed by atoms with van der Waals surface area (Å²) in [4.78, 5) is 182. The van der Waals surface area contributed by atoms with Crippen LogP contribution in [0.5, 0.6) is 0 Å². The second-order valence-corrected chi connectivity index (χ2v) is 31.2. The molecule has 6 heterocycles. The number of aromatic amines is 3. The number of carbonyl (C=O) groups is 10. The van der Waals surface area contributed by atoms with Gasteiger partial charge in [0.25, 0.3) is 0 Å². The van der Waals surface area contributed by atoms with Gasteiger partial charge in [-0.25, -0.2) is 33.6 Å². The number of nitrogens with two attached hydrogens (primary N) is 1. The van der Waals surface area contributed by atoms with Gasteiger partial charge in [-0.3, -0.25) is 47.9 Å².